The van der Waals surface area contributed by atoms with Crippen LogP contribution in [0.2, 0.25) is 5.02 Å². The topological polar surface area (TPSA) is 84.5 Å². The van der Waals surface area contributed by atoms with Crippen molar-refractivity contribution >= 4 is 51.4 Å². The van der Waals surface area contributed by atoms with Crippen molar-refractivity contribution in [3.63, 3.8) is 0 Å². The second kappa shape index (κ2) is 10.5. The molecule has 11 heteroatoms. The third-order valence-corrected chi connectivity index (χ3v) is 6.44. The highest BCUT2D eigenvalue weighted by molar-refractivity contribution is 7.16. The molecule has 1 atom stereocenters. The molecule has 2 amide bonds. The number of alkyl halides is 3. The average molecular weight is 525 g/mol. The zero-order valence-electron chi connectivity index (χ0n) is 18.7. The third kappa shape index (κ3) is 6.20. The molecule has 0 bridgehead atoms. The third-order valence-electron chi connectivity index (χ3n) is 4.98. The van der Waals surface area contributed by atoms with Crippen LogP contribution in [0.5, 0.6) is 0 Å². The Hall–Kier alpha value is -3.37. The Morgan fingerprint density at radius 1 is 1.03 bits per heavy atom. The number of thiophene rings is 1. The van der Waals surface area contributed by atoms with E-state index in [0.29, 0.717) is 17.2 Å². The zero-order chi connectivity index (χ0) is 25.9. The van der Waals surface area contributed by atoms with Gasteiger partial charge >= 0.3 is 12.1 Å². The van der Waals surface area contributed by atoms with Crippen LogP contribution in [0.1, 0.15) is 45.0 Å². The minimum absolute atomic E-state index is 0.0993. The van der Waals surface area contributed by atoms with Crippen molar-refractivity contribution < 1.29 is 32.3 Å². The lowest BCUT2D eigenvalue weighted by Crippen LogP contribution is -2.26. The van der Waals surface area contributed by atoms with Gasteiger partial charge in [-0.05, 0) is 37.6 Å². The molecule has 0 aliphatic carbocycles. The number of amides is 2. The molecule has 0 radical (unpaired) electrons. The van der Waals surface area contributed by atoms with Crippen LogP contribution in [0.25, 0.3) is 0 Å². The van der Waals surface area contributed by atoms with Crippen molar-refractivity contribution in [3.8, 4) is 0 Å². The number of hydrogen-bond donors (Lipinski definition) is 2. The van der Waals surface area contributed by atoms with Crippen LogP contribution in [-0.4, -0.2) is 17.8 Å². The minimum atomic E-state index is -4.72. The van der Waals surface area contributed by atoms with Crippen molar-refractivity contribution in [2.75, 3.05) is 10.6 Å². The van der Waals surface area contributed by atoms with Gasteiger partial charge in [-0.25, -0.2) is 4.79 Å². The van der Waals surface area contributed by atoms with Crippen molar-refractivity contribution in [3.05, 3.63) is 80.7 Å². The van der Waals surface area contributed by atoms with Gasteiger partial charge in [-0.15, -0.1) is 11.3 Å². The molecule has 0 aliphatic rings. The summed E-state index contributed by atoms with van der Waals surface area (Å²) in [7, 11) is 0. The summed E-state index contributed by atoms with van der Waals surface area (Å²) in [5.41, 5.74) is -0.320. The van der Waals surface area contributed by atoms with Gasteiger partial charge in [0.2, 0.25) is 12.0 Å². The van der Waals surface area contributed by atoms with E-state index < -0.39 is 34.7 Å². The number of esters is 1. The van der Waals surface area contributed by atoms with Gasteiger partial charge in [0.25, 0.3) is 5.91 Å². The van der Waals surface area contributed by atoms with Crippen LogP contribution in [-0.2, 0) is 20.5 Å². The molecule has 0 fully saturated rings. The van der Waals surface area contributed by atoms with E-state index in [2.05, 4.69) is 10.6 Å². The lowest BCUT2D eigenvalue weighted by Gasteiger charge is -2.19. The predicted molar refractivity (Wildman–Crippen MR) is 128 cm³/mol. The second-order valence-electron chi connectivity index (χ2n) is 7.55. The molecule has 0 spiro atoms. The summed E-state index contributed by atoms with van der Waals surface area (Å²) in [5, 5.41) is 4.70. The number of halogens is 4. The number of carbonyl (C=O) groups is 3. The van der Waals surface area contributed by atoms with E-state index in [4.69, 9.17) is 16.3 Å². The molecule has 35 heavy (non-hydrogen) atoms. The van der Waals surface area contributed by atoms with Crippen molar-refractivity contribution in [1.82, 2.24) is 0 Å². The summed E-state index contributed by atoms with van der Waals surface area (Å²) in [6.07, 6.45) is -6.21. The second-order valence-corrected chi connectivity index (χ2v) is 9.18. The van der Waals surface area contributed by atoms with Gasteiger partial charge in [-0.3, -0.25) is 9.59 Å². The normalized spacial score (nSPS) is 12.1. The van der Waals surface area contributed by atoms with Crippen LogP contribution in [0.15, 0.2) is 48.5 Å². The quantitative estimate of drug-likeness (QED) is 0.359. The van der Waals surface area contributed by atoms with Gasteiger partial charge in [-0.2, -0.15) is 13.2 Å². The Kier molecular flexibility index (Phi) is 7.86. The maximum atomic E-state index is 13.2. The van der Waals surface area contributed by atoms with Crippen molar-refractivity contribution in [1.29, 1.82) is 0 Å². The van der Waals surface area contributed by atoms with E-state index in [1.807, 2.05) is 0 Å². The van der Waals surface area contributed by atoms with Gasteiger partial charge in [0.05, 0.1) is 16.1 Å². The van der Waals surface area contributed by atoms with Gasteiger partial charge in [0.1, 0.15) is 5.00 Å². The first-order valence-electron chi connectivity index (χ1n) is 10.2. The van der Waals surface area contributed by atoms with E-state index >= 15 is 0 Å². The lowest BCUT2D eigenvalue weighted by atomic mass is 10.1. The Labute approximate surface area is 208 Å². The molecule has 0 saturated carbocycles. The monoisotopic (exact) mass is 524 g/mol. The smallest absolute Gasteiger partial charge is 0.417 e. The number of nitrogens with one attached hydrogen (secondary N) is 2. The molecule has 2 aromatic carbocycles. The van der Waals surface area contributed by atoms with Crippen LogP contribution in [0.3, 0.4) is 0 Å². The lowest BCUT2D eigenvalue weighted by molar-refractivity contribution is -0.137. The molecular formula is C24H20ClF3N2O4S. The largest absolute Gasteiger partial charge is 0.444 e. The first kappa shape index (κ1) is 26.2. The Bertz CT molecular complexity index is 1280. The number of aryl methyl sites for hydroxylation is 1. The summed E-state index contributed by atoms with van der Waals surface area (Å²) in [6.45, 7) is 4.74. The van der Waals surface area contributed by atoms with E-state index in [-0.39, 0.29) is 22.2 Å². The first-order valence-corrected chi connectivity index (χ1v) is 11.4. The highest BCUT2D eigenvalue weighted by Gasteiger charge is 2.34. The van der Waals surface area contributed by atoms with Crippen LogP contribution in [0, 0.1) is 13.8 Å². The molecule has 2 N–H and O–H groups in total. The first-order chi connectivity index (χ1) is 16.4. The summed E-state index contributed by atoms with van der Waals surface area (Å²) >= 11 is 6.83. The van der Waals surface area contributed by atoms with Gasteiger partial charge in [-0.1, -0.05) is 41.9 Å². The number of rotatable bonds is 6. The maximum absolute atomic E-state index is 13.2. The number of anilines is 2. The molecular weight excluding hydrogens is 505 g/mol. The molecule has 0 saturated heterocycles. The molecule has 3 aromatic rings. The highest BCUT2D eigenvalue weighted by Crippen LogP contribution is 2.37. The molecule has 6 nitrogen and oxygen atoms in total. The predicted octanol–water partition coefficient (Wildman–Crippen LogP) is 6.53. The fourth-order valence-electron chi connectivity index (χ4n) is 3.22. The number of ether oxygens (including phenoxy) is 1. The summed E-state index contributed by atoms with van der Waals surface area (Å²) in [6, 6.07) is 10.9. The average Bonchev–Trinajstić information content (AvgIpc) is 3.05. The van der Waals surface area contributed by atoms with E-state index in [0.717, 1.165) is 10.9 Å². The summed E-state index contributed by atoms with van der Waals surface area (Å²) in [5.74, 6) is -2.13. The number of benzene rings is 2. The molecule has 3 rings (SSSR count). The SMILES string of the molecule is CC(=O)Nc1sc(C)c(C)c1C(=O)O[C@H](C(=O)Nc1ccc(Cl)c(C(F)(F)F)c1)c1ccccc1. The van der Waals surface area contributed by atoms with E-state index in [1.165, 1.54) is 24.3 Å². The molecule has 0 unspecified atom stereocenters. The molecule has 184 valence electrons. The van der Waals surface area contributed by atoms with E-state index in [1.54, 1.807) is 44.2 Å². The Balaban J connectivity index is 1.94. The van der Waals surface area contributed by atoms with Crippen molar-refractivity contribution in [2.24, 2.45) is 0 Å². The summed E-state index contributed by atoms with van der Waals surface area (Å²) in [4.78, 5) is 38.6. The van der Waals surface area contributed by atoms with Gasteiger partial charge in [0, 0.05) is 23.1 Å². The fourth-order valence-corrected chi connectivity index (χ4v) is 4.53. The highest BCUT2D eigenvalue weighted by atomic mass is 35.5. The number of hydrogen-bond acceptors (Lipinski definition) is 5. The molecule has 1 heterocycles. The fraction of sp³-hybridized carbons (Fsp3) is 0.208. The van der Waals surface area contributed by atoms with Gasteiger partial charge < -0.3 is 15.4 Å². The van der Waals surface area contributed by atoms with Crippen molar-refractivity contribution in [2.45, 2.75) is 33.1 Å². The standard InChI is InChI=1S/C24H20ClF3N2O4S/c1-12-13(2)35-22(29-14(3)31)19(12)23(33)34-20(15-7-5-4-6-8-15)21(32)30-16-9-10-18(25)17(11-16)24(26,27)28/h4-11,20H,1-3H3,(H,29,31)(H,30,32)/t20-/m0/s1. The van der Waals surface area contributed by atoms with Crippen LogP contribution in [0.4, 0.5) is 23.9 Å². The molecule has 0 aliphatic heterocycles. The number of carbonyl (C=O) groups excluding carboxylic acids is 3. The zero-order valence-corrected chi connectivity index (χ0v) is 20.3. The molecule has 1 aromatic heterocycles. The minimum Gasteiger partial charge on any atom is -0.444 e. The van der Waals surface area contributed by atoms with Crippen LogP contribution >= 0.6 is 22.9 Å². The Morgan fingerprint density at radius 2 is 1.69 bits per heavy atom. The maximum Gasteiger partial charge on any atom is 0.417 e. The van der Waals surface area contributed by atoms with E-state index in [9.17, 15) is 27.6 Å². The van der Waals surface area contributed by atoms with Crippen LogP contribution < -0.4 is 10.6 Å². The van der Waals surface area contributed by atoms with Gasteiger partial charge in [0.15, 0.2) is 0 Å². The summed E-state index contributed by atoms with van der Waals surface area (Å²) < 4.78 is 45.2. The Morgan fingerprint density at radius 3 is 2.29 bits per heavy atom.